The average Bonchev–Trinajstić information content (AvgIpc) is 2.91. The second-order valence-electron chi connectivity index (χ2n) is 6.57. The number of phenols is 1. The highest BCUT2D eigenvalue weighted by molar-refractivity contribution is 5.79. The summed E-state index contributed by atoms with van der Waals surface area (Å²) in [5, 5.41) is 21.7. The van der Waals surface area contributed by atoms with E-state index < -0.39 is 6.23 Å². The molecular formula is C21H22N4O4. The molecule has 0 aliphatic carbocycles. The minimum atomic E-state index is -0.577. The largest absolute Gasteiger partial charge is 0.504 e. The Morgan fingerprint density at radius 3 is 2.86 bits per heavy atom. The van der Waals surface area contributed by atoms with Gasteiger partial charge in [0.2, 0.25) is 5.88 Å². The van der Waals surface area contributed by atoms with Crippen LogP contribution >= 0.6 is 0 Å². The molecule has 1 aliphatic heterocycles. The van der Waals surface area contributed by atoms with E-state index in [4.69, 9.17) is 14.2 Å². The molecule has 0 fully saturated rings. The summed E-state index contributed by atoms with van der Waals surface area (Å²) in [5.74, 6) is 0.734. The molecule has 0 spiro atoms. The van der Waals surface area contributed by atoms with Crippen molar-refractivity contribution < 1.29 is 19.3 Å². The molecule has 2 N–H and O–H groups in total. The van der Waals surface area contributed by atoms with Crippen molar-refractivity contribution >= 4 is 5.69 Å². The molecule has 1 atom stereocenters. The molecule has 1 aliphatic rings. The quantitative estimate of drug-likeness (QED) is 0.607. The molecule has 0 amide bonds. The lowest BCUT2D eigenvalue weighted by molar-refractivity contribution is 0.217. The Morgan fingerprint density at radius 2 is 2.03 bits per heavy atom. The molecule has 1 aromatic heterocycles. The first-order valence-electron chi connectivity index (χ1n) is 9.46. The number of methoxy groups -OCH3 is 1. The van der Waals surface area contributed by atoms with Crippen LogP contribution in [-0.4, -0.2) is 34.0 Å². The zero-order chi connectivity index (χ0) is 20.2. The Kier molecular flexibility index (Phi) is 5.33. The number of anilines is 1. The van der Waals surface area contributed by atoms with Crippen molar-refractivity contribution in [3.8, 4) is 34.6 Å². The van der Waals surface area contributed by atoms with Crippen molar-refractivity contribution in [1.29, 1.82) is 0 Å². The van der Waals surface area contributed by atoms with E-state index in [0.717, 1.165) is 29.7 Å². The lowest BCUT2D eigenvalue weighted by Crippen LogP contribution is -2.17. The fourth-order valence-corrected chi connectivity index (χ4v) is 3.02. The highest BCUT2D eigenvalue weighted by atomic mass is 16.5. The Balaban J connectivity index is 1.74. The third kappa shape index (κ3) is 3.87. The first-order valence-corrected chi connectivity index (χ1v) is 9.46. The molecular weight excluding hydrogens is 372 g/mol. The van der Waals surface area contributed by atoms with Gasteiger partial charge in [0, 0.05) is 16.8 Å². The lowest BCUT2D eigenvalue weighted by atomic mass is 10.1. The Bertz CT molecular complexity index is 1010. The minimum Gasteiger partial charge on any atom is -0.504 e. The van der Waals surface area contributed by atoms with Gasteiger partial charge in [-0.15, -0.1) is 5.10 Å². The van der Waals surface area contributed by atoms with Crippen LogP contribution in [0, 0.1) is 0 Å². The van der Waals surface area contributed by atoms with Gasteiger partial charge in [-0.25, -0.2) is 0 Å². The van der Waals surface area contributed by atoms with Gasteiger partial charge in [-0.1, -0.05) is 36.6 Å². The molecule has 8 heteroatoms. The zero-order valence-corrected chi connectivity index (χ0v) is 16.3. The third-order valence-electron chi connectivity index (χ3n) is 4.57. The maximum absolute atomic E-state index is 9.91. The highest BCUT2D eigenvalue weighted by Gasteiger charge is 2.26. The predicted octanol–water partition coefficient (Wildman–Crippen LogP) is 3.93. The SMILES string of the molecule is CCCCOc1nnc2c(n1)OC(c1ccc(O)c(OC)c1)Nc1ccccc1-2. The van der Waals surface area contributed by atoms with Crippen LogP contribution in [0.1, 0.15) is 31.6 Å². The van der Waals surface area contributed by atoms with Crippen LogP contribution in [0.3, 0.4) is 0 Å². The average molecular weight is 394 g/mol. The summed E-state index contributed by atoms with van der Waals surface area (Å²) >= 11 is 0. The number of benzene rings is 2. The number of phenolic OH excluding ortho intramolecular Hbond substituents is 1. The third-order valence-corrected chi connectivity index (χ3v) is 4.57. The maximum atomic E-state index is 9.91. The molecule has 4 rings (SSSR count). The number of fused-ring (bicyclic) bond motifs is 3. The standard InChI is InChI=1S/C21H22N4O4/c1-3-4-11-28-21-23-20-18(24-25-21)14-7-5-6-8-15(14)22-19(29-20)13-9-10-16(26)17(12-13)27-2/h5-10,12,19,22,26H,3-4,11H2,1-2H3. The molecule has 2 heterocycles. The summed E-state index contributed by atoms with van der Waals surface area (Å²) in [6.45, 7) is 2.60. The topological polar surface area (TPSA) is 98.6 Å². The molecule has 1 unspecified atom stereocenters. The van der Waals surface area contributed by atoms with Gasteiger partial charge in [-0.05, 0) is 30.7 Å². The van der Waals surface area contributed by atoms with E-state index in [1.54, 1.807) is 18.2 Å². The molecule has 29 heavy (non-hydrogen) atoms. The monoisotopic (exact) mass is 394 g/mol. The van der Waals surface area contributed by atoms with Crippen molar-refractivity contribution in [3.05, 3.63) is 48.0 Å². The van der Waals surface area contributed by atoms with Crippen LogP contribution in [0.2, 0.25) is 0 Å². The van der Waals surface area contributed by atoms with E-state index in [1.807, 2.05) is 24.3 Å². The number of hydrogen-bond acceptors (Lipinski definition) is 8. The molecule has 0 saturated heterocycles. The summed E-state index contributed by atoms with van der Waals surface area (Å²) in [7, 11) is 1.50. The second kappa shape index (κ2) is 8.22. The van der Waals surface area contributed by atoms with Gasteiger partial charge >= 0.3 is 6.01 Å². The van der Waals surface area contributed by atoms with E-state index in [9.17, 15) is 5.11 Å². The maximum Gasteiger partial charge on any atom is 0.339 e. The van der Waals surface area contributed by atoms with Crippen molar-refractivity contribution in [2.45, 2.75) is 26.0 Å². The Morgan fingerprint density at radius 1 is 1.17 bits per heavy atom. The van der Waals surface area contributed by atoms with Gasteiger partial charge in [0.05, 0.1) is 13.7 Å². The number of hydrogen-bond donors (Lipinski definition) is 2. The number of rotatable bonds is 6. The summed E-state index contributed by atoms with van der Waals surface area (Å²) < 4.78 is 17.0. The Hall–Kier alpha value is -3.55. The van der Waals surface area contributed by atoms with E-state index in [0.29, 0.717) is 23.9 Å². The Labute approximate surface area is 168 Å². The number of nitrogens with zero attached hydrogens (tertiary/aromatic N) is 3. The fraction of sp³-hybridized carbons (Fsp3) is 0.286. The van der Waals surface area contributed by atoms with E-state index >= 15 is 0 Å². The van der Waals surface area contributed by atoms with Crippen molar-refractivity contribution in [2.75, 3.05) is 19.0 Å². The molecule has 0 bridgehead atoms. The fourth-order valence-electron chi connectivity index (χ4n) is 3.02. The van der Waals surface area contributed by atoms with E-state index in [2.05, 4.69) is 27.4 Å². The highest BCUT2D eigenvalue weighted by Crippen LogP contribution is 2.40. The summed E-state index contributed by atoms with van der Waals surface area (Å²) in [5.41, 5.74) is 2.95. The van der Waals surface area contributed by atoms with E-state index in [-0.39, 0.29) is 11.8 Å². The van der Waals surface area contributed by atoms with Gasteiger partial charge in [-0.3, -0.25) is 0 Å². The first-order chi connectivity index (χ1) is 14.2. The molecule has 8 nitrogen and oxygen atoms in total. The summed E-state index contributed by atoms with van der Waals surface area (Å²) in [6, 6.07) is 12.9. The van der Waals surface area contributed by atoms with Crippen molar-refractivity contribution in [2.24, 2.45) is 0 Å². The molecule has 2 aromatic carbocycles. The number of aromatic nitrogens is 3. The smallest absolute Gasteiger partial charge is 0.339 e. The van der Waals surface area contributed by atoms with Gasteiger partial charge in [0.15, 0.2) is 23.4 Å². The predicted molar refractivity (Wildman–Crippen MR) is 107 cm³/mol. The van der Waals surface area contributed by atoms with Crippen molar-refractivity contribution in [3.63, 3.8) is 0 Å². The van der Waals surface area contributed by atoms with Crippen LogP contribution in [0.25, 0.3) is 11.3 Å². The summed E-state index contributed by atoms with van der Waals surface area (Å²) in [6.07, 6.45) is 1.34. The second-order valence-corrected chi connectivity index (χ2v) is 6.57. The number of unbranched alkanes of at least 4 members (excludes halogenated alkanes) is 1. The van der Waals surface area contributed by atoms with Gasteiger partial charge in [-0.2, -0.15) is 4.98 Å². The minimum absolute atomic E-state index is 0.0567. The molecule has 0 radical (unpaired) electrons. The van der Waals surface area contributed by atoms with Gasteiger partial charge in [0.1, 0.15) is 0 Å². The van der Waals surface area contributed by atoms with E-state index in [1.165, 1.54) is 7.11 Å². The molecule has 3 aromatic rings. The number of ether oxygens (including phenoxy) is 3. The number of nitrogens with one attached hydrogen (secondary N) is 1. The normalized spacial score (nSPS) is 14.6. The van der Waals surface area contributed by atoms with Crippen LogP contribution in [0.5, 0.6) is 23.4 Å². The van der Waals surface area contributed by atoms with Crippen LogP contribution < -0.4 is 19.5 Å². The van der Waals surface area contributed by atoms with Crippen molar-refractivity contribution in [1.82, 2.24) is 15.2 Å². The molecule has 150 valence electrons. The van der Waals surface area contributed by atoms with Crippen LogP contribution in [0.15, 0.2) is 42.5 Å². The lowest BCUT2D eigenvalue weighted by Gasteiger charge is -2.20. The zero-order valence-electron chi connectivity index (χ0n) is 16.3. The summed E-state index contributed by atoms with van der Waals surface area (Å²) in [4.78, 5) is 4.44. The van der Waals surface area contributed by atoms with Gasteiger partial charge < -0.3 is 24.6 Å². The number of para-hydroxylation sites is 1. The van der Waals surface area contributed by atoms with Crippen LogP contribution in [-0.2, 0) is 0 Å². The molecule has 0 saturated carbocycles. The first kappa shape index (κ1) is 18.8. The number of aromatic hydroxyl groups is 1. The van der Waals surface area contributed by atoms with Gasteiger partial charge in [0.25, 0.3) is 0 Å². The van der Waals surface area contributed by atoms with Crippen LogP contribution in [0.4, 0.5) is 5.69 Å².